The number of sulfone groups is 1. The molecule has 4 heterocycles. The van der Waals surface area contributed by atoms with E-state index in [1.54, 1.807) is 24.8 Å². The summed E-state index contributed by atoms with van der Waals surface area (Å²) in [5.74, 6) is 1.19. The number of H-pyrrole nitrogens is 1. The lowest BCUT2D eigenvalue weighted by Crippen LogP contribution is -2.25. The number of aromatic amines is 1. The molecule has 2 aliphatic rings. The summed E-state index contributed by atoms with van der Waals surface area (Å²) in [5, 5.41) is 1.73. The molecule has 1 N–H and O–H groups in total. The van der Waals surface area contributed by atoms with Gasteiger partial charge >= 0.3 is 5.97 Å². The number of thioether (sulfide) groups is 1. The summed E-state index contributed by atoms with van der Waals surface area (Å²) in [5.41, 5.74) is 1.65. The Bertz CT molecular complexity index is 1450. The van der Waals surface area contributed by atoms with E-state index in [4.69, 9.17) is 18.9 Å². The lowest BCUT2D eigenvalue weighted by molar-refractivity contribution is -0.143. The molecular weight excluding hydrogens is 530 g/mol. The van der Waals surface area contributed by atoms with E-state index < -0.39 is 9.84 Å². The SMILES string of the molecule is CCOC(=O)CC1CN=C(c2cc3cc(Oc4ccc(S(C)(=O)=O)cn4)cc(OC4CCOCC4)c3[nH]2)S1. The van der Waals surface area contributed by atoms with E-state index in [9.17, 15) is 13.2 Å². The minimum atomic E-state index is -3.35. The highest BCUT2D eigenvalue weighted by molar-refractivity contribution is 8.15. The van der Waals surface area contributed by atoms with Gasteiger partial charge in [-0.3, -0.25) is 9.79 Å². The maximum atomic E-state index is 11.9. The molecule has 10 nitrogen and oxygen atoms in total. The van der Waals surface area contributed by atoms with Gasteiger partial charge in [-0.15, -0.1) is 0 Å². The number of nitrogens with one attached hydrogen (secondary N) is 1. The number of rotatable bonds is 9. The molecule has 0 amide bonds. The fourth-order valence-corrected chi connectivity index (χ4v) is 5.90. The van der Waals surface area contributed by atoms with E-state index >= 15 is 0 Å². The summed E-state index contributed by atoms with van der Waals surface area (Å²) in [7, 11) is -3.35. The molecule has 2 aromatic heterocycles. The summed E-state index contributed by atoms with van der Waals surface area (Å²) in [6.07, 6.45) is 4.30. The third-order valence-corrected chi connectivity index (χ3v) is 8.45. The van der Waals surface area contributed by atoms with Crippen LogP contribution in [0, 0.1) is 0 Å². The van der Waals surface area contributed by atoms with Crippen molar-refractivity contribution < 1.29 is 32.2 Å². The Balaban J connectivity index is 1.41. The molecule has 1 saturated heterocycles. The lowest BCUT2D eigenvalue weighted by Gasteiger charge is -2.23. The molecule has 0 saturated carbocycles. The summed E-state index contributed by atoms with van der Waals surface area (Å²) in [6, 6.07) is 8.64. The second-order valence-corrected chi connectivity index (χ2v) is 12.4. The second-order valence-electron chi connectivity index (χ2n) is 9.10. The van der Waals surface area contributed by atoms with Gasteiger partial charge in [0.1, 0.15) is 22.6 Å². The van der Waals surface area contributed by atoms with Gasteiger partial charge in [-0.05, 0) is 25.1 Å². The first-order valence-electron chi connectivity index (χ1n) is 12.4. The van der Waals surface area contributed by atoms with Crippen molar-refractivity contribution in [2.75, 3.05) is 32.6 Å². The van der Waals surface area contributed by atoms with Gasteiger partial charge in [0.05, 0.1) is 48.9 Å². The fourth-order valence-electron chi connectivity index (χ4n) is 4.27. The topological polar surface area (TPSA) is 129 Å². The van der Waals surface area contributed by atoms with Crippen LogP contribution in [0.2, 0.25) is 0 Å². The number of nitrogens with zero attached hydrogens (tertiary/aromatic N) is 2. The first kappa shape index (κ1) is 26.5. The summed E-state index contributed by atoms with van der Waals surface area (Å²) < 4.78 is 46.4. The molecule has 1 unspecified atom stereocenters. The van der Waals surface area contributed by atoms with Crippen molar-refractivity contribution in [2.24, 2.45) is 4.99 Å². The number of ether oxygens (including phenoxy) is 4. The molecule has 0 bridgehead atoms. The number of hydrogen-bond acceptors (Lipinski definition) is 10. The van der Waals surface area contributed by atoms with E-state index in [0.717, 1.165) is 40.7 Å². The van der Waals surface area contributed by atoms with Crippen molar-refractivity contribution >= 4 is 43.5 Å². The molecule has 1 atom stereocenters. The summed E-state index contributed by atoms with van der Waals surface area (Å²) in [6.45, 7) is 4.00. The average Bonchev–Trinajstić information content (AvgIpc) is 3.52. The molecular formula is C26H29N3O7S2. The quantitative estimate of drug-likeness (QED) is 0.385. The number of pyridine rings is 1. The van der Waals surface area contributed by atoms with Crippen LogP contribution < -0.4 is 9.47 Å². The first-order chi connectivity index (χ1) is 18.3. The number of hydrogen-bond donors (Lipinski definition) is 1. The zero-order valence-corrected chi connectivity index (χ0v) is 22.8. The number of fused-ring (bicyclic) bond motifs is 1. The number of carbonyl (C=O) groups is 1. The normalized spacial score (nSPS) is 18.4. The van der Waals surface area contributed by atoms with Gasteiger partial charge in [-0.1, -0.05) is 11.8 Å². The summed E-state index contributed by atoms with van der Waals surface area (Å²) >= 11 is 1.56. The van der Waals surface area contributed by atoms with Gasteiger partial charge in [0.25, 0.3) is 0 Å². The Hall–Kier alpha value is -3.09. The van der Waals surface area contributed by atoms with Crippen molar-refractivity contribution in [1.29, 1.82) is 0 Å². The van der Waals surface area contributed by atoms with E-state index in [-0.39, 0.29) is 28.1 Å². The molecule has 3 aromatic rings. The van der Waals surface area contributed by atoms with Gasteiger partial charge in [0.2, 0.25) is 5.88 Å². The van der Waals surface area contributed by atoms with Crippen molar-refractivity contribution in [3.05, 3.63) is 42.2 Å². The Labute approximate surface area is 225 Å². The number of esters is 1. The lowest BCUT2D eigenvalue weighted by atomic mass is 10.1. The van der Waals surface area contributed by atoms with Gasteiger partial charge in [0, 0.05) is 48.1 Å². The first-order valence-corrected chi connectivity index (χ1v) is 15.2. The average molecular weight is 560 g/mol. The smallest absolute Gasteiger partial charge is 0.306 e. The van der Waals surface area contributed by atoms with Crippen LogP contribution in [0.3, 0.4) is 0 Å². The van der Waals surface area contributed by atoms with Crippen molar-refractivity contribution in [2.45, 2.75) is 42.4 Å². The molecule has 202 valence electrons. The Morgan fingerprint density at radius 1 is 1.21 bits per heavy atom. The Morgan fingerprint density at radius 2 is 2.03 bits per heavy atom. The highest BCUT2D eigenvalue weighted by atomic mass is 32.2. The molecule has 1 aromatic carbocycles. The maximum absolute atomic E-state index is 11.9. The van der Waals surface area contributed by atoms with Crippen LogP contribution in [0.5, 0.6) is 17.4 Å². The number of benzene rings is 1. The monoisotopic (exact) mass is 559 g/mol. The van der Waals surface area contributed by atoms with Crippen LogP contribution in [0.15, 0.2) is 46.4 Å². The third kappa shape index (κ3) is 6.30. The molecule has 38 heavy (non-hydrogen) atoms. The molecule has 2 aliphatic heterocycles. The molecule has 0 radical (unpaired) electrons. The van der Waals surface area contributed by atoms with E-state index in [0.29, 0.717) is 44.3 Å². The van der Waals surface area contributed by atoms with Crippen LogP contribution in [0.1, 0.15) is 31.9 Å². The van der Waals surface area contributed by atoms with Gasteiger partial charge in [0.15, 0.2) is 9.84 Å². The molecule has 5 rings (SSSR count). The number of aliphatic imine (C=N–C) groups is 1. The van der Waals surface area contributed by atoms with Gasteiger partial charge in [-0.25, -0.2) is 13.4 Å². The number of carbonyl (C=O) groups excluding carboxylic acids is 1. The third-order valence-electron chi connectivity index (χ3n) is 6.13. The van der Waals surface area contributed by atoms with Crippen LogP contribution in [-0.2, 0) is 24.1 Å². The van der Waals surface area contributed by atoms with E-state index in [1.165, 1.54) is 18.3 Å². The molecule has 12 heteroatoms. The highest BCUT2D eigenvalue weighted by Crippen LogP contribution is 2.37. The molecule has 0 spiro atoms. The highest BCUT2D eigenvalue weighted by Gasteiger charge is 2.26. The second kappa shape index (κ2) is 11.3. The minimum absolute atomic E-state index is 0.00766. The van der Waals surface area contributed by atoms with E-state index in [1.807, 2.05) is 12.1 Å². The fraction of sp³-hybridized carbons (Fsp3) is 0.423. The van der Waals surface area contributed by atoms with Crippen LogP contribution in [0.4, 0.5) is 0 Å². The zero-order valence-electron chi connectivity index (χ0n) is 21.1. The molecule has 0 aliphatic carbocycles. The number of aromatic nitrogens is 2. The van der Waals surface area contributed by atoms with Crippen molar-refractivity contribution in [3.63, 3.8) is 0 Å². The van der Waals surface area contributed by atoms with Crippen molar-refractivity contribution in [3.8, 4) is 17.4 Å². The van der Waals surface area contributed by atoms with Crippen LogP contribution in [-0.4, -0.2) is 73.4 Å². The Kier molecular flexibility index (Phi) is 7.91. The van der Waals surface area contributed by atoms with E-state index in [2.05, 4.69) is 15.0 Å². The molecule has 1 fully saturated rings. The van der Waals surface area contributed by atoms with Crippen LogP contribution >= 0.6 is 11.8 Å². The minimum Gasteiger partial charge on any atom is -0.488 e. The van der Waals surface area contributed by atoms with Crippen LogP contribution in [0.25, 0.3) is 10.9 Å². The maximum Gasteiger partial charge on any atom is 0.306 e. The van der Waals surface area contributed by atoms with Crippen molar-refractivity contribution in [1.82, 2.24) is 9.97 Å². The predicted molar refractivity (Wildman–Crippen MR) is 144 cm³/mol. The predicted octanol–water partition coefficient (Wildman–Crippen LogP) is 4.13. The zero-order chi connectivity index (χ0) is 26.7. The largest absolute Gasteiger partial charge is 0.488 e. The Morgan fingerprint density at radius 3 is 2.74 bits per heavy atom. The standard InChI is InChI=1S/C26H29N3O7S2/c1-3-34-24(30)13-19-14-28-26(37-19)21-11-16-10-18(36-23-5-4-20(15-27-23)38(2,31)32)12-22(25(16)29-21)35-17-6-8-33-9-7-17/h4-5,10-12,15,17,19,29H,3,6-9,13-14H2,1-2H3. The van der Waals surface area contributed by atoms with Gasteiger partial charge in [-0.2, -0.15) is 0 Å². The van der Waals surface area contributed by atoms with Gasteiger partial charge < -0.3 is 23.9 Å². The summed E-state index contributed by atoms with van der Waals surface area (Å²) in [4.78, 5) is 24.3.